The molecule has 24 heavy (non-hydrogen) atoms. The van der Waals surface area contributed by atoms with E-state index in [-0.39, 0.29) is 12.5 Å². The molecule has 0 aliphatic rings. The Hall–Kier alpha value is -2.18. The standard InChI is InChI=1S/C18H15BrN2O2S/c1-12-20-17(11-24-12)13-5-7-15(8-6-13)21-18(22)10-23-16-4-2-3-14(19)9-16/h2-9,11H,10H2,1H3,(H,21,22). The summed E-state index contributed by atoms with van der Waals surface area (Å²) in [7, 11) is 0. The maximum Gasteiger partial charge on any atom is 0.262 e. The number of halogens is 1. The highest BCUT2D eigenvalue weighted by Crippen LogP contribution is 2.23. The number of aryl methyl sites for hydroxylation is 1. The molecule has 1 N–H and O–H groups in total. The molecular formula is C18H15BrN2O2S. The second-order valence-corrected chi connectivity index (χ2v) is 7.10. The molecule has 3 rings (SSSR count). The quantitative estimate of drug-likeness (QED) is 0.660. The average molecular weight is 403 g/mol. The highest BCUT2D eigenvalue weighted by molar-refractivity contribution is 9.10. The van der Waals surface area contributed by atoms with Crippen LogP contribution in [0.2, 0.25) is 0 Å². The monoisotopic (exact) mass is 402 g/mol. The van der Waals surface area contributed by atoms with E-state index in [1.807, 2.05) is 60.8 Å². The molecule has 2 aromatic carbocycles. The maximum atomic E-state index is 12.0. The Kier molecular flexibility index (Phi) is 5.27. The minimum atomic E-state index is -0.202. The lowest BCUT2D eigenvalue weighted by Crippen LogP contribution is -2.20. The Bertz CT molecular complexity index is 846. The van der Waals surface area contributed by atoms with Crippen molar-refractivity contribution in [2.75, 3.05) is 11.9 Å². The number of amides is 1. The topological polar surface area (TPSA) is 51.2 Å². The molecule has 0 spiro atoms. The number of thiazole rings is 1. The summed E-state index contributed by atoms with van der Waals surface area (Å²) in [6.07, 6.45) is 0. The molecule has 0 fully saturated rings. The van der Waals surface area contributed by atoms with Crippen molar-refractivity contribution in [2.45, 2.75) is 6.92 Å². The van der Waals surface area contributed by atoms with Gasteiger partial charge in [0.2, 0.25) is 0 Å². The Labute approximate surface area is 152 Å². The van der Waals surface area contributed by atoms with E-state index in [4.69, 9.17) is 4.74 Å². The number of carbonyl (C=O) groups is 1. The van der Waals surface area contributed by atoms with Gasteiger partial charge < -0.3 is 10.1 Å². The first-order valence-corrected chi connectivity index (χ1v) is 8.98. The van der Waals surface area contributed by atoms with Crippen LogP contribution in [0.3, 0.4) is 0 Å². The summed E-state index contributed by atoms with van der Waals surface area (Å²) in [6, 6.07) is 15.0. The van der Waals surface area contributed by atoms with Gasteiger partial charge in [0.1, 0.15) is 5.75 Å². The predicted octanol–water partition coefficient (Wildman–Crippen LogP) is 4.90. The molecule has 0 saturated carbocycles. The summed E-state index contributed by atoms with van der Waals surface area (Å²) in [5.74, 6) is 0.445. The van der Waals surface area contributed by atoms with Crippen molar-refractivity contribution in [2.24, 2.45) is 0 Å². The zero-order chi connectivity index (χ0) is 16.9. The van der Waals surface area contributed by atoms with Crippen LogP contribution in [0.1, 0.15) is 5.01 Å². The number of aromatic nitrogens is 1. The fourth-order valence-corrected chi connectivity index (χ4v) is 3.12. The van der Waals surface area contributed by atoms with Gasteiger partial charge in [-0.3, -0.25) is 4.79 Å². The number of nitrogens with zero attached hydrogens (tertiary/aromatic N) is 1. The number of hydrogen-bond donors (Lipinski definition) is 1. The van der Waals surface area contributed by atoms with Crippen LogP contribution in [0.15, 0.2) is 58.4 Å². The lowest BCUT2D eigenvalue weighted by molar-refractivity contribution is -0.118. The fraction of sp³-hybridized carbons (Fsp3) is 0.111. The van der Waals surface area contributed by atoms with Crippen LogP contribution < -0.4 is 10.1 Å². The lowest BCUT2D eigenvalue weighted by atomic mass is 10.1. The van der Waals surface area contributed by atoms with Crippen molar-refractivity contribution >= 4 is 38.9 Å². The Balaban J connectivity index is 1.56. The molecule has 6 heteroatoms. The van der Waals surface area contributed by atoms with Crippen LogP contribution in [0.4, 0.5) is 5.69 Å². The van der Waals surface area contributed by atoms with Crippen LogP contribution in [0, 0.1) is 6.92 Å². The van der Waals surface area contributed by atoms with Crippen molar-refractivity contribution in [3.05, 3.63) is 63.4 Å². The Morgan fingerprint density at radius 1 is 1.25 bits per heavy atom. The smallest absolute Gasteiger partial charge is 0.262 e. The van der Waals surface area contributed by atoms with Crippen molar-refractivity contribution in [1.82, 2.24) is 4.98 Å². The molecule has 122 valence electrons. The van der Waals surface area contributed by atoms with Crippen molar-refractivity contribution < 1.29 is 9.53 Å². The first-order chi connectivity index (χ1) is 11.6. The summed E-state index contributed by atoms with van der Waals surface area (Å²) in [4.78, 5) is 16.4. The van der Waals surface area contributed by atoms with Gasteiger partial charge in [0.25, 0.3) is 5.91 Å². The average Bonchev–Trinajstić information content (AvgIpc) is 3.00. The number of anilines is 1. The molecule has 0 unspecified atom stereocenters. The van der Waals surface area contributed by atoms with Gasteiger partial charge >= 0.3 is 0 Å². The zero-order valence-electron chi connectivity index (χ0n) is 13.0. The van der Waals surface area contributed by atoms with Crippen molar-refractivity contribution in [3.8, 4) is 17.0 Å². The van der Waals surface area contributed by atoms with E-state index in [2.05, 4.69) is 26.2 Å². The summed E-state index contributed by atoms with van der Waals surface area (Å²) < 4.78 is 6.38. The van der Waals surface area contributed by atoms with Gasteiger partial charge in [-0.25, -0.2) is 4.98 Å². The van der Waals surface area contributed by atoms with Gasteiger partial charge in [0, 0.05) is 21.1 Å². The van der Waals surface area contributed by atoms with Crippen molar-refractivity contribution in [1.29, 1.82) is 0 Å². The van der Waals surface area contributed by atoms with Crippen LogP contribution in [0.5, 0.6) is 5.75 Å². The van der Waals surface area contributed by atoms with E-state index >= 15 is 0 Å². The number of nitrogens with one attached hydrogen (secondary N) is 1. The molecule has 1 amide bonds. The SMILES string of the molecule is Cc1nc(-c2ccc(NC(=O)COc3cccc(Br)c3)cc2)cs1. The number of benzene rings is 2. The highest BCUT2D eigenvalue weighted by Gasteiger charge is 2.06. The maximum absolute atomic E-state index is 12.0. The molecule has 0 bridgehead atoms. The van der Waals surface area contributed by atoms with Crippen molar-refractivity contribution in [3.63, 3.8) is 0 Å². The molecule has 0 atom stereocenters. The summed E-state index contributed by atoms with van der Waals surface area (Å²) in [5.41, 5.74) is 2.71. The third kappa shape index (κ3) is 4.43. The molecule has 3 aromatic rings. The minimum absolute atomic E-state index is 0.0382. The third-order valence-corrected chi connectivity index (χ3v) is 4.52. The lowest BCUT2D eigenvalue weighted by Gasteiger charge is -2.08. The Morgan fingerprint density at radius 2 is 2.04 bits per heavy atom. The van der Waals surface area contributed by atoms with E-state index in [9.17, 15) is 4.79 Å². The van der Waals surface area contributed by atoms with Gasteiger partial charge in [0.05, 0.1) is 10.7 Å². The van der Waals surface area contributed by atoms with E-state index in [0.29, 0.717) is 5.75 Å². The normalized spacial score (nSPS) is 10.4. The van der Waals surface area contributed by atoms with E-state index < -0.39 is 0 Å². The van der Waals surface area contributed by atoms with Gasteiger partial charge in [-0.2, -0.15) is 0 Å². The molecule has 4 nitrogen and oxygen atoms in total. The molecular weight excluding hydrogens is 388 g/mol. The van der Waals surface area contributed by atoms with Gasteiger partial charge in [-0.1, -0.05) is 34.1 Å². The minimum Gasteiger partial charge on any atom is -0.484 e. The molecule has 1 heterocycles. The van der Waals surface area contributed by atoms with Gasteiger partial charge in [-0.15, -0.1) is 11.3 Å². The van der Waals surface area contributed by atoms with E-state index in [0.717, 1.165) is 26.4 Å². The second kappa shape index (κ2) is 7.59. The first kappa shape index (κ1) is 16.7. The summed E-state index contributed by atoms with van der Waals surface area (Å²) in [5, 5.41) is 5.87. The molecule has 0 aliphatic heterocycles. The van der Waals surface area contributed by atoms with Gasteiger partial charge in [-0.05, 0) is 37.3 Å². The zero-order valence-corrected chi connectivity index (χ0v) is 15.4. The highest BCUT2D eigenvalue weighted by atomic mass is 79.9. The van der Waals surface area contributed by atoms with Crippen LogP contribution in [-0.4, -0.2) is 17.5 Å². The largest absolute Gasteiger partial charge is 0.484 e. The fourth-order valence-electron chi connectivity index (χ4n) is 2.12. The summed E-state index contributed by atoms with van der Waals surface area (Å²) in [6.45, 7) is 1.94. The molecule has 1 aromatic heterocycles. The third-order valence-electron chi connectivity index (χ3n) is 3.25. The predicted molar refractivity (Wildman–Crippen MR) is 101 cm³/mol. The Morgan fingerprint density at radius 3 is 2.71 bits per heavy atom. The molecule has 0 aliphatic carbocycles. The van der Waals surface area contributed by atoms with E-state index in [1.165, 1.54) is 0 Å². The number of carbonyl (C=O) groups excluding carboxylic acids is 1. The summed E-state index contributed by atoms with van der Waals surface area (Å²) >= 11 is 4.98. The molecule has 0 saturated heterocycles. The number of rotatable bonds is 5. The molecule has 0 radical (unpaired) electrons. The number of hydrogen-bond acceptors (Lipinski definition) is 4. The number of ether oxygens (including phenoxy) is 1. The van der Waals surface area contributed by atoms with Crippen LogP contribution >= 0.6 is 27.3 Å². The van der Waals surface area contributed by atoms with Crippen LogP contribution in [0.25, 0.3) is 11.3 Å². The first-order valence-electron chi connectivity index (χ1n) is 7.31. The van der Waals surface area contributed by atoms with E-state index in [1.54, 1.807) is 11.3 Å². The van der Waals surface area contributed by atoms with Crippen LogP contribution in [-0.2, 0) is 4.79 Å². The second-order valence-electron chi connectivity index (χ2n) is 5.12. The van der Waals surface area contributed by atoms with Gasteiger partial charge in [0.15, 0.2) is 6.61 Å².